The molecule has 20 heavy (non-hydrogen) atoms. The number of ether oxygens (including phenoxy) is 1. The highest BCUT2D eigenvalue weighted by molar-refractivity contribution is 5.97. The van der Waals surface area contributed by atoms with E-state index in [1.165, 1.54) is 5.56 Å². The number of hydrogen-bond acceptors (Lipinski definition) is 2. The molecule has 0 saturated heterocycles. The zero-order valence-electron chi connectivity index (χ0n) is 12.3. The summed E-state index contributed by atoms with van der Waals surface area (Å²) in [6.45, 7) is 9.01. The van der Waals surface area contributed by atoms with E-state index in [2.05, 4.69) is 19.6 Å². The van der Waals surface area contributed by atoms with Crippen molar-refractivity contribution in [2.24, 2.45) is 0 Å². The minimum atomic E-state index is -0.406. The number of hydrogen-bond donors (Lipinski definition) is 0. The second kappa shape index (κ2) is 6.71. The van der Waals surface area contributed by atoms with Crippen LogP contribution in [0.25, 0.3) is 0 Å². The molecule has 0 aliphatic carbocycles. The summed E-state index contributed by atoms with van der Waals surface area (Å²) < 4.78 is 5.58. The van der Waals surface area contributed by atoms with E-state index in [1.807, 2.05) is 30.0 Å². The van der Waals surface area contributed by atoms with Gasteiger partial charge in [-0.2, -0.15) is 0 Å². The first kappa shape index (κ1) is 14.8. The van der Waals surface area contributed by atoms with Gasteiger partial charge in [0.25, 0.3) is 5.91 Å². The van der Waals surface area contributed by atoms with Gasteiger partial charge in [-0.05, 0) is 37.3 Å². The van der Waals surface area contributed by atoms with E-state index in [0.717, 1.165) is 25.1 Å². The molecule has 2 rings (SSSR count). The summed E-state index contributed by atoms with van der Waals surface area (Å²) >= 11 is 0. The number of nitrogens with zero attached hydrogens (tertiary/aromatic N) is 1. The van der Waals surface area contributed by atoms with Crippen LogP contribution >= 0.6 is 0 Å². The summed E-state index contributed by atoms with van der Waals surface area (Å²) in [7, 11) is 0. The maximum Gasteiger partial charge on any atom is 0.255 e. The lowest BCUT2D eigenvalue weighted by Crippen LogP contribution is -2.42. The Morgan fingerprint density at radius 2 is 2.30 bits per heavy atom. The van der Waals surface area contributed by atoms with Gasteiger partial charge in [0.2, 0.25) is 0 Å². The Labute approximate surface area is 121 Å². The molecule has 1 aliphatic heterocycles. The van der Waals surface area contributed by atoms with Crippen LogP contribution in [-0.2, 0) is 9.53 Å². The number of para-hydroxylation sites is 1. The standard InChI is InChI=1S/C17H23NO2/c1-4-5-12-20-14(3)17(19)18-11-10-13(2)15-8-6-7-9-16(15)18/h4,6-9,13-14H,1,5,10-12H2,2-3H3. The van der Waals surface area contributed by atoms with E-state index in [0.29, 0.717) is 12.5 Å². The van der Waals surface area contributed by atoms with E-state index < -0.39 is 6.10 Å². The molecule has 3 heteroatoms. The average Bonchev–Trinajstić information content (AvgIpc) is 2.47. The van der Waals surface area contributed by atoms with Gasteiger partial charge < -0.3 is 9.64 Å². The van der Waals surface area contributed by atoms with Gasteiger partial charge in [0, 0.05) is 12.2 Å². The maximum atomic E-state index is 12.5. The molecule has 2 unspecified atom stereocenters. The number of carbonyl (C=O) groups is 1. The molecule has 1 aromatic rings. The molecule has 0 fully saturated rings. The van der Waals surface area contributed by atoms with Crippen molar-refractivity contribution in [3.05, 3.63) is 42.5 Å². The largest absolute Gasteiger partial charge is 0.368 e. The Balaban J connectivity index is 2.11. The number of carbonyl (C=O) groups excluding carboxylic acids is 1. The molecule has 2 atom stereocenters. The fourth-order valence-electron chi connectivity index (χ4n) is 2.60. The molecule has 3 nitrogen and oxygen atoms in total. The van der Waals surface area contributed by atoms with Crippen LogP contribution in [0.3, 0.4) is 0 Å². The first-order valence-corrected chi connectivity index (χ1v) is 7.28. The van der Waals surface area contributed by atoms with Crippen LogP contribution in [-0.4, -0.2) is 25.2 Å². The lowest BCUT2D eigenvalue weighted by atomic mass is 9.91. The Morgan fingerprint density at radius 3 is 3.05 bits per heavy atom. The van der Waals surface area contributed by atoms with Gasteiger partial charge in [0.1, 0.15) is 6.10 Å². The van der Waals surface area contributed by atoms with Crippen molar-refractivity contribution in [3.8, 4) is 0 Å². The van der Waals surface area contributed by atoms with Gasteiger partial charge in [0.05, 0.1) is 6.61 Å². The highest BCUT2D eigenvalue weighted by Gasteiger charge is 2.29. The molecule has 0 bridgehead atoms. The van der Waals surface area contributed by atoms with Gasteiger partial charge in [0.15, 0.2) is 0 Å². The van der Waals surface area contributed by atoms with Gasteiger partial charge in [-0.1, -0.05) is 31.2 Å². The first-order valence-electron chi connectivity index (χ1n) is 7.28. The van der Waals surface area contributed by atoms with Gasteiger partial charge >= 0.3 is 0 Å². The molecule has 108 valence electrons. The van der Waals surface area contributed by atoms with Crippen molar-refractivity contribution in [2.75, 3.05) is 18.1 Å². The summed E-state index contributed by atoms with van der Waals surface area (Å²) in [6.07, 6.45) is 3.17. The van der Waals surface area contributed by atoms with Crippen LogP contribution in [0.1, 0.15) is 38.2 Å². The Hall–Kier alpha value is -1.61. The van der Waals surface area contributed by atoms with Crippen LogP contribution in [0.4, 0.5) is 5.69 Å². The highest BCUT2D eigenvalue weighted by Crippen LogP contribution is 2.35. The lowest BCUT2D eigenvalue weighted by Gasteiger charge is -2.34. The summed E-state index contributed by atoms with van der Waals surface area (Å²) in [6, 6.07) is 8.16. The molecule has 0 spiro atoms. The minimum absolute atomic E-state index is 0.0495. The molecular weight excluding hydrogens is 250 g/mol. The molecule has 0 saturated carbocycles. The molecule has 0 radical (unpaired) electrons. The first-order chi connectivity index (χ1) is 9.65. The predicted octanol–water partition coefficient (Wildman–Crippen LogP) is 3.51. The van der Waals surface area contributed by atoms with Crippen molar-refractivity contribution < 1.29 is 9.53 Å². The summed E-state index contributed by atoms with van der Waals surface area (Å²) in [5.74, 6) is 0.556. The molecule has 1 heterocycles. The van der Waals surface area contributed by atoms with Crippen LogP contribution in [0.2, 0.25) is 0 Å². The van der Waals surface area contributed by atoms with Crippen molar-refractivity contribution in [3.63, 3.8) is 0 Å². The normalized spacial score (nSPS) is 19.3. The predicted molar refractivity (Wildman–Crippen MR) is 82.1 cm³/mol. The summed E-state index contributed by atoms with van der Waals surface area (Å²) in [5, 5.41) is 0. The van der Waals surface area contributed by atoms with Crippen LogP contribution in [0, 0.1) is 0 Å². The number of fused-ring (bicyclic) bond motifs is 1. The smallest absolute Gasteiger partial charge is 0.255 e. The molecule has 1 aliphatic rings. The highest BCUT2D eigenvalue weighted by atomic mass is 16.5. The minimum Gasteiger partial charge on any atom is -0.368 e. The van der Waals surface area contributed by atoms with Crippen molar-refractivity contribution in [1.29, 1.82) is 0 Å². The van der Waals surface area contributed by atoms with E-state index in [1.54, 1.807) is 6.08 Å². The Kier molecular flexibility index (Phi) is 4.96. The lowest BCUT2D eigenvalue weighted by molar-refractivity contribution is -0.129. The molecule has 1 amide bonds. The Bertz CT molecular complexity index is 484. The van der Waals surface area contributed by atoms with Crippen molar-refractivity contribution in [1.82, 2.24) is 0 Å². The second-order valence-electron chi connectivity index (χ2n) is 5.33. The van der Waals surface area contributed by atoms with Crippen LogP contribution in [0.15, 0.2) is 36.9 Å². The number of amides is 1. The van der Waals surface area contributed by atoms with Crippen molar-refractivity contribution in [2.45, 2.75) is 38.7 Å². The number of anilines is 1. The zero-order valence-corrected chi connectivity index (χ0v) is 12.3. The van der Waals surface area contributed by atoms with E-state index in [4.69, 9.17) is 4.74 Å². The Morgan fingerprint density at radius 1 is 1.55 bits per heavy atom. The van der Waals surface area contributed by atoms with Crippen LogP contribution < -0.4 is 4.90 Å². The summed E-state index contributed by atoms with van der Waals surface area (Å²) in [5.41, 5.74) is 2.29. The molecule has 0 N–H and O–H groups in total. The van der Waals surface area contributed by atoms with E-state index in [9.17, 15) is 4.79 Å². The third kappa shape index (κ3) is 3.10. The van der Waals surface area contributed by atoms with Gasteiger partial charge in [-0.15, -0.1) is 6.58 Å². The zero-order chi connectivity index (χ0) is 14.5. The monoisotopic (exact) mass is 273 g/mol. The SMILES string of the molecule is C=CCCOC(C)C(=O)N1CCC(C)c2ccccc21. The van der Waals surface area contributed by atoms with Gasteiger partial charge in [-0.3, -0.25) is 4.79 Å². The summed E-state index contributed by atoms with van der Waals surface area (Å²) in [4.78, 5) is 14.4. The molecular formula is C17H23NO2. The van der Waals surface area contributed by atoms with Crippen LogP contribution in [0.5, 0.6) is 0 Å². The maximum absolute atomic E-state index is 12.5. The number of rotatable bonds is 5. The topological polar surface area (TPSA) is 29.5 Å². The molecule has 1 aromatic carbocycles. The van der Waals surface area contributed by atoms with E-state index in [-0.39, 0.29) is 5.91 Å². The quantitative estimate of drug-likeness (QED) is 0.607. The second-order valence-corrected chi connectivity index (χ2v) is 5.33. The third-order valence-corrected chi connectivity index (χ3v) is 3.85. The van der Waals surface area contributed by atoms with Crippen molar-refractivity contribution >= 4 is 11.6 Å². The average molecular weight is 273 g/mol. The van der Waals surface area contributed by atoms with E-state index >= 15 is 0 Å². The number of benzene rings is 1. The fourth-order valence-corrected chi connectivity index (χ4v) is 2.60. The molecule has 0 aromatic heterocycles. The third-order valence-electron chi connectivity index (χ3n) is 3.85. The van der Waals surface area contributed by atoms with Gasteiger partial charge in [-0.25, -0.2) is 0 Å². The fraction of sp³-hybridized carbons (Fsp3) is 0.471.